The van der Waals surface area contributed by atoms with Crippen LogP contribution in [0.25, 0.3) is 0 Å². The van der Waals surface area contributed by atoms with Gasteiger partial charge in [0.2, 0.25) is 5.91 Å². The van der Waals surface area contributed by atoms with E-state index < -0.39 is 17.9 Å². The number of amides is 3. The summed E-state index contributed by atoms with van der Waals surface area (Å²) >= 11 is 0. The van der Waals surface area contributed by atoms with E-state index in [1.54, 1.807) is 6.07 Å². The molecular formula is C14H18N2O4. The Bertz CT molecular complexity index is 526. The van der Waals surface area contributed by atoms with Crippen LogP contribution in [0, 0.1) is 13.8 Å². The molecule has 0 atom stereocenters. The summed E-state index contributed by atoms with van der Waals surface area (Å²) < 4.78 is 0. The zero-order valence-corrected chi connectivity index (χ0v) is 11.5. The summed E-state index contributed by atoms with van der Waals surface area (Å²) in [7, 11) is 0. The van der Waals surface area contributed by atoms with Gasteiger partial charge < -0.3 is 10.4 Å². The number of imide groups is 1. The van der Waals surface area contributed by atoms with Gasteiger partial charge in [-0.2, -0.15) is 0 Å². The van der Waals surface area contributed by atoms with E-state index in [0.29, 0.717) is 5.69 Å². The Kier molecular flexibility index (Phi) is 5.71. The van der Waals surface area contributed by atoms with E-state index in [1.165, 1.54) is 0 Å². The lowest BCUT2D eigenvalue weighted by Crippen LogP contribution is -2.34. The van der Waals surface area contributed by atoms with Gasteiger partial charge in [0.25, 0.3) is 0 Å². The maximum atomic E-state index is 11.6. The smallest absolute Gasteiger partial charge is 0.325 e. The molecule has 6 nitrogen and oxygen atoms in total. The van der Waals surface area contributed by atoms with Crippen molar-refractivity contribution in [1.82, 2.24) is 5.32 Å². The molecule has 0 aromatic heterocycles. The fraction of sp³-hybridized carbons (Fsp3) is 0.357. The number of carboxylic acid groups (broad SMARTS) is 1. The standard InChI is InChI=1S/C14H18N2O4/c1-9-5-3-6-11(10(9)2)15-14(20)16-12(17)7-4-8-13(18)19/h3,5-6H,4,7-8H2,1-2H3,(H,18,19)(H2,15,16,17,20). The first-order valence-electron chi connectivity index (χ1n) is 6.29. The molecule has 0 saturated heterocycles. The quantitative estimate of drug-likeness (QED) is 0.769. The third kappa shape index (κ3) is 5.09. The monoisotopic (exact) mass is 278 g/mol. The van der Waals surface area contributed by atoms with Crippen molar-refractivity contribution < 1.29 is 19.5 Å². The zero-order valence-electron chi connectivity index (χ0n) is 11.5. The summed E-state index contributed by atoms with van der Waals surface area (Å²) in [6.45, 7) is 3.80. The van der Waals surface area contributed by atoms with E-state index in [9.17, 15) is 14.4 Å². The van der Waals surface area contributed by atoms with E-state index in [0.717, 1.165) is 11.1 Å². The van der Waals surface area contributed by atoms with Crippen molar-refractivity contribution in [3.05, 3.63) is 29.3 Å². The van der Waals surface area contributed by atoms with Crippen LogP contribution in [0.3, 0.4) is 0 Å². The molecule has 0 fully saturated rings. The van der Waals surface area contributed by atoms with Crippen molar-refractivity contribution in [2.75, 3.05) is 5.32 Å². The number of carbonyl (C=O) groups excluding carboxylic acids is 2. The highest BCUT2D eigenvalue weighted by atomic mass is 16.4. The molecule has 0 heterocycles. The minimum atomic E-state index is -0.961. The second-order valence-corrected chi connectivity index (χ2v) is 4.50. The first-order chi connectivity index (χ1) is 9.40. The Balaban J connectivity index is 2.45. The number of rotatable bonds is 5. The molecule has 0 spiro atoms. The summed E-state index contributed by atoms with van der Waals surface area (Å²) in [6.07, 6.45) is 0.121. The lowest BCUT2D eigenvalue weighted by Gasteiger charge is -2.10. The highest BCUT2D eigenvalue weighted by Crippen LogP contribution is 2.17. The van der Waals surface area contributed by atoms with Crippen LogP contribution in [-0.4, -0.2) is 23.0 Å². The Morgan fingerprint density at radius 1 is 1.15 bits per heavy atom. The van der Waals surface area contributed by atoms with E-state index in [-0.39, 0.29) is 19.3 Å². The van der Waals surface area contributed by atoms with Gasteiger partial charge in [-0.15, -0.1) is 0 Å². The summed E-state index contributed by atoms with van der Waals surface area (Å²) in [5, 5.41) is 13.2. The zero-order chi connectivity index (χ0) is 15.1. The van der Waals surface area contributed by atoms with Crippen LogP contribution in [0.1, 0.15) is 30.4 Å². The Morgan fingerprint density at radius 2 is 1.85 bits per heavy atom. The van der Waals surface area contributed by atoms with Crippen LogP contribution in [-0.2, 0) is 9.59 Å². The number of carboxylic acids is 1. The van der Waals surface area contributed by atoms with Gasteiger partial charge in [0.05, 0.1) is 0 Å². The third-order valence-electron chi connectivity index (χ3n) is 2.90. The highest BCUT2D eigenvalue weighted by Gasteiger charge is 2.10. The molecule has 1 rings (SSSR count). The molecule has 0 aliphatic rings. The topological polar surface area (TPSA) is 95.5 Å². The van der Waals surface area contributed by atoms with E-state index >= 15 is 0 Å². The molecule has 0 aliphatic heterocycles. The van der Waals surface area contributed by atoms with Crippen molar-refractivity contribution in [1.29, 1.82) is 0 Å². The highest BCUT2D eigenvalue weighted by molar-refractivity contribution is 6.01. The number of hydrogen-bond donors (Lipinski definition) is 3. The molecule has 108 valence electrons. The van der Waals surface area contributed by atoms with Crippen LogP contribution in [0.15, 0.2) is 18.2 Å². The molecule has 20 heavy (non-hydrogen) atoms. The minimum Gasteiger partial charge on any atom is -0.481 e. The normalized spacial score (nSPS) is 9.90. The summed E-state index contributed by atoms with van der Waals surface area (Å²) in [5.41, 5.74) is 2.61. The SMILES string of the molecule is Cc1cccc(NC(=O)NC(=O)CCCC(=O)O)c1C. The van der Waals surface area contributed by atoms with Gasteiger partial charge in [-0.05, 0) is 37.5 Å². The number of hydrogen-bond acceptors (Lipinski definition) is 3. The van der Waals surface area contributed by atoms with Crippen LogP contribution >= 0.6 is 0 Å². The fourth-order valence-corrected chi connectivity index (χ4v) is 1.63. The number of aliphatic carboxylic acids is 1. The molecule has 0 saturated carbocycles. The lowest BCUT2D eigenvalue weighted by atomic mass is 10.1. The number of benzene rings is 1. The second kappa shape index (κ2) is 7.28. The molecular weight excluding hydrogens is 260 g/mol. The maximum Gasteiger partial charge on any atom is 0.325 e. The van der Waals surface area contributed by atoms with Gasteiger partial charge in [-0.3, -0.25) is 14.9 Å². The lowest BCUT2D eigenvalue weighted by molar-refractivity contribution is -0.137. The van der Waals surface area contributed by atoms with Gasteiger partial charge in [0.15, 0.2) is 0 Å². The predicted octanol–water partition coefficient (Wildman–Crippen LogP) is 2.21. The molecule has 0 bridgehead atoms. The summed E-state index contributed by atoms with van der Waals surface area (Å²) in [4.78, 5) is 33.3. The first-order valence-corrected chi connectivity index (χ1v) is 6.29. The average Bonchev–Trinajstić information content (AvgIpc) is 2.34. The van der Waals surface area contributed by atoms with E-state index in [2.05, 4.69) is 10.6 Å². The van der Waals surface area contributed by atoms with Crippen LogP contribution in [0.4, 0.5) is 10.5 Å². The van der Waals surface area contributed by atoms with Crippen LogP contribution in [0.2, 0.25) is 0 Å². The first kappa shape index (κ1) is 15.7. The predicted molar refractivity (Wildman–Crippen MR) is 74.6 cm³/mol. The van der Waals surface area contributed by atoms with Crippen molar-refractivity contribution in [3.8, 4) is 0 Å². The molecule has 3 N–H and O–H groups in total. The molecule has 0 aliphatic carbocycles. The van der Waals surface area contributed by atoms with Crippen LogP contribution in [0.5, 0.6) is 0 Å². The van der Waals surface area contributed by atoms with Gasteiger partial charge in [0, 0.05) is 18.5 Å². The van der Waals surface area contributed by atoms with Crippen molar-refractivity contribution in [3.63, 3.8) is 0 Å². The second-order valence-electron chi connectivity index (χ2n) is 4.50. The largest absolute Gasteiger partial charge is 0.481 e. The number of carbonyl (C=O) groups is 3. The minimum absolute atomic E-state index is 0.00647. The number of urea groups is 1. The molecule has 0 unspecified atom stereocenters. The van der Waals surface area contributed by atoms with Gasteiger partial charge >= 0.3 is 12.0 Å². The molecule has 0 radical (unpaired) electrons. The maximum absolute atomic E-state index is 11.6. The average molecular weight is 278 g/mol. The van der Waals surface area contributed by atoms with Crippen molar-refractivity contribution >= 4 is 23.6 Å². The van der Waals surface area contributed by atoms with Crippen molar-refractivity contribution in [2.24, 2.45) is 0 Å². The Hall–Kier alpha value is -2.37. The van der Waals surface area contributed by atoms with Gasteiger partial charge in [-0.25, -0.2) is 4.79 Å². The fourth-order valence-electron chi connectivity index (χ4n) is 1.63. The van der Waals surface area contributed by atoms with E-state index in [1.807, 2.05) is 26.0 Å². The Labute approximate surface area is 117 Å². The summed E-state index contributed by atoms with van der Waals surface area (Å²) in [6, 6.07) is 4.87. The number of nitrogens with one attached hydrogen (secondary N) is 2. The van der Waals surface area contributed by atoms with Crippen LogP contribution < -0.4 is 10.6 Å². The van der Waals surface area contributed by atoms with E-state index in [4.69, 9.17) is 5.11 Å². The summed E-state index contributed by atoms with van der Waals surface area (Å²) in [5.74, 6) is -1.45. The molecule has 6 heteroatoms. The molecule has 1 aromatic carbocycles. The third-order valence-corrected chi connectivity index (χ3v) is 2.90. The van der Waals surface area contributed by atoms with Gasteiger partial charge in [0.1, 0.15) is 0 Å². The van der Waals surface area contributed by atoms with Crippen molar-refractivity contribution in [2.45, 2.75) is 33.1 Å². The van der Waals surface area contributed by atoms with Gasteiger partial charge in [-0.1, -0.05) is 12.1 Å². The molecule has 3 amide bonds. The Morgan fingerprint density at radius 3 is 2.50 bits per heavy atom. The number of anilines is 1. The number of aryl methyl sites for hydroxylation is 1. The molecule has 1 aromatic rings.